The lowest BCUT2D eigenvalue weighted by Gasteiger charge is -2.22. The maximum Gasteiger partial charge on any atom is 0.337 e. The third kappa shape index (κ3) is 4.86. The fourth-order valence-electron chi connectivity index (χ4n) is 3.10. The highest BCUT2D eigenvalue weighted by Gasteiger charge is 2.39. The minimum atomic E-state index is -3.82. The predicted molar refractivity (Wildman–Crippen MR) is 112 cm³/mol. The molecule has 1 saturated heterocycles. The Hall–Kier alpha value is -2.75. The molecule has 8 nitrogen and oxygen atoms in total. The molecule has 0 radical (unpaired) electrons. The van der Waals surface area contributed by atoms with E-state index in [1.165, 1.54) is 41.9 Å². The molecule has 3 rings (SSSR count). The van der Waals surface area contributed by atoms with Crippen LogP contribution in [0, 0.1) is 0 Å². The summed E-state index contributed by atoms with van der Waals surface area (Å²) in [6, 6.07) is 11.4. The molecule has 1 N–H and O–H groups in total. The van der Waals surface area contributed by atoms with Gasteiger partial charge in [0.2, 0.25) is 10.0 Å². The van der Waals surface area contributed by atoms with Crippen LogP contribution in [0.25, 0.3) is 0 Å². The number of carbonyl (C=O) groups is 2. The lowest BCUT2D eigenvalue weighted by Crippen LogP contribution is -2.44. The van der Waals surface area contributed by atoms with Gasteiger partial charge in [-0.3, -0.25) is 4.79 Å². The van der Waals surface area contributed by atoms with E-state index in [0.717, 1.165) is 0 Å². The molecular weight excluding hydrogens is 430 g/mol. The number of ether oxygens (including phenoxy) is 1. The van der Waals surface area contributed by atoms with Crippen LogP contribution in [0.15, 0.2) is 58.5 Å². The smallest absolute Gasteiger partial charge is 0.337 e. The third-order valence-electron chi connectivity index (χ3n) is 4.65. The van der Waals surface area contributed by atoms with Gasteiger partial charge in [0.25, 0.3) is 5.91 Å². The van der Waals surface area contributed by atoms with Crippen molar-refractivity contribution in [2.75, 3.05) is 13.7 Å². The summed E-state index contributed by atoms with van der Waals surface area (Å²) < 4.78 is 31.6. The van der Waals surface area contributed by atoms with Crippen molar-refractivity contribution in [3.8, 4) is 0 Å². The Morgan fingerprint density at radius 2 is 1.83 bits per heavy atom. The zero-order chi connectivity index (χ0) is 21.7. The standard InChI is InChI=1S/C20H20ClN3O5S/c1-29-20(26)15-6-4-14(5-7-15)13-22-23-19(25)18-3-2-12-24(18)30(27,28)17-10-8-16(21)9-11-17/h4-11,13,18H,2-3,12H2,1H3,(H,23,25)/b22-13-/t18-/m0/s1. The van der Waals surface area contributed by atoms with E-state index in [9.17, 15) is 18.0 Å². The van der Waals surface area contributed by atoms with E-state index in [2.05, 4.69) is 15.3 Å². The summed E-state index contributed by atoms with van der Waals surface area (Å²) in [5, 5.41) is 4.33. The van der Waals surface area contributed by atoms with E-state index in [1.54, 1.807) is 24.3 Å². The monoisotopic (exact) mass is 449 g/mol. The van der Waals surface area contributed by atoms with Gasteiger partial charge in [-0.2, -0.15) is 9.41 Å². The number of hydrogen-bond acceptors (Lipinski definition) is 6. The number of esters is 1. The molecule has 1 aliphatic heterocycles. The minimum Gasteiger partial charge on any atom is -0.465 e. The van der Waals surface area contributed by atoms with E-state index in [1.807, 2.05) is 0 Å². The zero-order valence-electron chi connectivity index (χ0n) is 16.1. The molecule has 0 spiro atoms. The first kappa shape index (κ1) is 21.9. The van der Waals surface area contributed by atoms with Gasteiger partial charge in [0, 0.05) is 11.6 Å². The van der Waals surface area contributed by atoms with E-state index in [0.29, 0.717) is 29.0 Å². The number of amides is 1. The molecule has 0 aromatic heterocycles. The Kier molecular flexibility index (Phi) is 6.86. The molecule has 0 saturated carbocycles. The molecular formula is C20H20ClN3O5S. The van der Waals surface area contributed by atoms with E-state index in [-0.39, 0.29) is 11.4 Å². The SMILES string of the molecule is COC(=O)c1ccc(/C=N\NC(=O)[C@@H]2CCCN2S(=O)(=O)c2ccc(Cl)cc2)cc1. The molecule has 30 heavy (non-hydrogen) atoms. The summed E-state index contributed by atoms with van der Waals surface area (Å²) in [6.07, 6.45) is 2.39. The van der Waals surface area contributed by atoms with E-state index in [4.69, 9.17) is 11.6 Å². The fraction of sp³-hybridized carbons (Fsp3) is 0.250. The normalized spacial score (nSPS) is 17.2. The summed E-state index contributed by atoms with van der Waals surface area (Å²) in [4.78, 5) is 24.1. The van der Waals surface area contributed by atoms with Gasteiger partial charge < -0.3 is 4.74 Å². The van der Waals surface area contributed by atoms with Crippen LogP contribution in [0.1, 0.15) is 28.8 Å². The zero-order valence-corrected chi connectivity index (χ0v) is 17.7. The second-order valence-electron chi connectivity index (χ2n) is 6.58. The van der Waals surface area contributed by atoms with Crippen molar-refractivity contribution in [3.05, 3.63) is 64.7 Å². The summed E-state index contributed by atoms with van der Waals surface area (Å²) in [5.41, 5.74) is 3.44. The van der Waals surface area contributed by atoms with Crippen molar-refractivity contribution in [1.29, 1.82) is 0 Å². The number of carbonyl (C=O) groups excluding carboxylic acids is 2. The van der Waals surface area contributed by atoms with Gasteiger partial charge in [-0.1, -0.05) is 23.7 Å². The van der Waals surface area contributed by atoms with Crippen LogP contribution >= 0.6 is 11.6 Å². The third-order valence-corrected chi connectivity index (χ3v) is 6.82. The maximum atomic E-state index is 12.9. The number of nitrogens with zero attached hydrogens (tertiary/aromatic N) is 2. The van der Waals surface area contributed by atoms with Crippen LogP contribution in [-0.2, 0) is 19.6 Å². The number of halogens is 1. The molecule has 1 fully saturated rings. The molecule has 1 amide bonds. The summed E-state index contributed by atoms with van der Waals surface area (Å²) in [6.45, 7) is 0.252. The number of methoxy groups -OCH3 is 1. The number of nitrogens with one attached hydrogen (secondary N) is 1. The fourth-order valence-corrected chi connectivity index (χ4v) is 4.88. The first-order valence-corrected chi connectivity index (χ1v) is 10.9. The highest BCUT2D eigenvalue weighted by molar-refractivity contribution is 7.89. The molecule has 0 aliphatic carbocycles. The average molecular weight is 450 g/mol. The second-order valence-corrected chi connectivity index (χ2v) is 8.90. The lowest BCUT2D eigenvalue weighted by molar-refractivity contribution is -0.124. The Balaban J connectivity index is 1.66. The van der Waals surface area contributed by atoms with Gasteiger partial charge in [0.15, 0.2) is 0 Å². The predicted octanol–water partition coefficient (Wildman–Crippen LogP) is 2.43. The molecule has 1 aliphatic rings. The molecule has 10 heteroatoms. The van der Waals surface area contributed by atoms with Gasteiger partial charge in [0.05, 0.1) is 23.8 Å². The number of rotatable bonds is 6. The van der Waals surface area contributed by atoms with Crippen molar-refractivity contribution in [1.82, 2.24) is 9.73 Å². The van der Waals surface area contributed by atoms with Gasteiger partial charge in [-0.25, -0.2) is 18.6 Å². The van der Waals surface area contributed by atoms with Crippen LogP contribution in [0.5, 0.6) is 0 Å². The number of hydrazone groups is 1. The quantitative estimate of drug-likeness (QED) is 0.414. The topological polar surface area (TPSA) is 105 Å². The van der Waals surface area contributed by atoms with Crippen LogP contribution in [0.4, 0.5) is 0 Å². The highest BCUT2D eigenvalue weighted by Crippen LogP contribution is 2.27. The van der Waals surface area contributed by atoms with Crippen LogP contribution in [-0.4, -0.2) is 50.5 Å². The summed E-state index contributed by atoms with van der Waals surface area (Å²) >= 11 is 5.83. The van der Waals surface area contributed by atoms with Gasteiger partial charge in [0.1, 0.15) is 6.04 Å². The molecule has 0 bridgehead atoms. The summed E-state index contributed by atoms with van der Waals surface area (Å²) in [5.74, 6) is -0.956. The Morgan fingerprint density at radius 1 is 1.17 bits per heavy atom. The number of hydrogen-bond donors (Lipinski definition) is 1. The Labute approximate surface area is 179 Å². The second kappa shape index (κ2) is 9.38. The Morgan fingerprint density at radius 3 is 2.47 bits per heavy atom. The lowest BCUT2D eigenvalue weighted by atomic mass is 10.1. The van der Waals surface area contributed by atoms with Crippen molar-refractivity contribution in [3.63, 3.8) is 0 Å². The van der Waals surface area contributed by atoms with E-state index < -0.39 is 27.9 Å². The number of sulfonamides is 1. The minimum absolute atomic E-state index is 0.0841. The number of benzene rings is 2. The average Bonchev–Trinajstić information content (AvgIpc) is 3.25. The van der Waals surface area contributed by atoms with Crippen molar-refractivity contribution in [2.24, 2.45) is 5.10 Å². The van der Waals surface area contributed by atoms with Crippen LogP contribution in [0.2, 0.25) is 5.02 Å². The van der Waals surface area contributed by atoms with Crippen LogP contribution in [0.3, 0.4) is 0 Å². The van der Waals surface area contributed by atoms with Gasteiger partial charge in [-0.05, 0) is 54.8 Å². The molecule has 158 valence electrons. The van der Waals surface area contributed by atoms with Crippen LogP contribution < -0.4 is 5.43 Å². The molecule has 0 unspecified atom stereocenters. The first-order chi connectivity index (χ1) is 14.3. The largest absolute Gasteiger partial charge is 0.465 e. The molecule has 1 atom stereocenters. The van der Waals surface area contributed by atoms with Crippen molar-refractivity contribution in [2.45, 2.75) is 23.8 Å². The Bertz CT molecular complexity index is 1050. The highest BCUT2D eigenvalue weighted by atomic mass is 35.5. The molecule has 2 aromatic rings. The summed E-state index contributed by atoms with van der Waals surface area (Å²) in [7, 11) is -2.53. The maximum absolute atomic E-state index is 12.9. The van der Waals surface area contributed by atoms with E-state index >= 15 is 0 Å². The molecule has 2 aromatic carbocycles. The first-order valence-electron chi connectivity index (χ1n) is 9.11. The van der Waals surface area contributed by atoms with Gasteiger partial charge >= 0.3 is 5.97 Å². The van der Waals surface area contributed by atoms with Crippen molar-refractivity contribution < 1.29 is 22.7 Å². The van der Waals surface area contributed by atoms with Crippen molar-refractivity contribution >= 4 is 39.7 Å². The van der Waals surface area contributed by atoms with Gasteiger partial charge in [-0.15, -0.1) is 0 Å². The molecule has 1 heterocycles.